The van der Waals surface area contributed by atoms with Gasteiger partial charge in [0.2, 0.25) is 0 Å². The van der Waals surface area contributed by atoms with Crippen molar-refractivity contribution in [3.05, 3.63) is 35.4 Å². The fraction of sp³-hybridized carbons (Fsp3) is 0.600. The van der Waals surface area contributed by atoms with Crippen molar-refractivity contribution in [2.24, 2.45) is 4.99 Å². The molecule has 3 N–H and O–H groups in total. The Morgan fingerprint density at radius 1 is 1.25 bits per heavy atom. The number of guanidine groups is 1. The van der Waals surface area contributed by atoms with Crippen molar-refractivity contribution in [1.82, 2.24) is 20.9 Å². The molecule has 8 heteroatoms. The number of nitrogens with one attached hydrogen (secondary N) is 3. The highest BCUT2D eigenvalue weighted by molar-refractivity contribution is 14.0. The Hall–Kier alpha value is -1.39. The molecule has 2 rings (SSSR count). The fourth-order valence-electron chi connectivity index (χ4n) is 2.99. The van der Waals surface area contributed by atoms with Gasteiger partial charge < -0.3 is 20.7 Å². The molecule has 0 radical (unpaired) electrons. The number of hydrogen-bond acceptors (Lipinski definition) is 4. The highest BCUT2D eigenvalue weighted by atomic mass is 127. The lowest BCUT2D eigenvalue weighted by Crippen LogP contribution is -2.39. The number of halogens is 1. The molecule has 7 nitrogen and oxygen atoms in total. The number of hydrogen-bond donors (Lipinski definition) is 3. The number of carbonyl (C=O) groups excluding carboxylic acids is 1. The van der Waals surface area contributed by atoms with Gasteiger partial charge in [0.05, 0.1) is 13.2 Å². The SMILES string of the molecule is CCNC(=NCCCN1CCOCC1)NCCc1cccc(C(=O)NC)c1.I. The molecule has 1 fully saturated rings. The molecule has 0 aromatic heterocycles. The summed E-state index contributed by atoms with van der Waals surface area (Å²) in [6, 6.07) is 7.73. The van der Waals surface area contributed by atoms with Gasteiger partial charge >= 0.3 is 0 Å². The second-order valence-corrected chi connectivity index (χ2v) is 6.52. The van der Waals surface area contributed by atoms with Crippen LogP contribution in [0.2, 0.25) is 0 Å². The molecule has 28 heavy (non-hydrogen) atoms. The Kier molecular flexibility index (Phi) is 12.8. The molecule has 0 aliphatic carbocycles. The van der Waals surface area contributed by atoms with Crippen LogP contribution >= 0.6 is 24.0 Å². The number of rotatable bonds is 9. The molecular formula is C20H34IN5O2. The van der Waals surface area contributed by atoms with Gasteiger partial charge in [-0.15, -0.1) is 24.0 Å². The van der Waals surface area contributed by atoms with Gasteiger partial charge in [-0.25, -0.2) is 0 Å². The van der Waals surface area contributed by atoms with Gasteiger partial charge in [-0.2, -0.15) is 0 Å². The van der Waals surface area contributed by atoms with Crippen molar-refractivity contribution in [2.45, 2.75) is 19.8 Å². The standard InChI is InChI=1S/C20H33N5O2.HI/c1-3-22-20(23-9-5-11-25-12-14-27-15-13-25)24-10-8-17-6-4-7-18(16-17)19(26)21-2;/h4,6-7,16H,3,5,8-15H2,1-2H3,(H,21,26)(H2,22,23,24);1H. The number of benzene rings is 1. The van der Waals surface area contributed by atoms with E-state index < -0.39 is 0 Å². The summed E-state index contributed by atoms with van der Waals surface area (Å²) in [5, 5.41) is 9.32. The highest BCUT2D eigenvalue weighted by Gasteiger charge is 2.09. The molecule has 1 aliphatic rings. The first kappa shape index (κ1) is 24.6. The number of amides is 1. The largest absolute Gasteiger partial charge is 0.379 e. The first-order chi connectivity index (χ1) is 13.2. The van der Waals surface area contributed by atoms with E-state index in [0.29, 0.717) is 5.56 Å². The molecule has 0 unspecified atom stereocenters. The van der Waals surface area contributed by atoms with Crippen LogP contribution < -0.4 is 16.0 Å². The molecule has 1 aromatic rings. The van der Waals surface area contributed by atoms with E-state index in [9.17, 15) is 4.79 Å². The second-order valence-electron chi connectivity index (χ2n) is 6.52. The predicted octanol–water partition coefficient (Wildman–Crippen LogP) is 1.48. The average molecular weight is 503 g/mol. The summed E-state index contributed by atoms with van der Waals surface area (Å²) in [6.07, 6.45) is 1.88. The van der Waals surface area contributed by atoms with Crippen LogP contribution in [0, 0.1) is 0 Å². The quantitative estimate of drug-likeness (QED) is 0.206. The summed E-state index contributed by atoms with van der Waals surface area (Å²) < 4.78 is 5.37. The van der Waals surface area contributed by atoms with E-state index in [0.717, 1.165) is 76.8 Å². The molecule has 0 spiro atoms. The number of morpholine rings is 1. The van der Waals surface area contributed by atoms with Gasteiger partial charge in [-0.3, -0.25) is 14.7 Å². The molecular weight excluding hydrogens is 469 g/mol. The lowest BCUT2D eigenvalue weighted by molar-refractivity contribution is 0.0377. The topological polar surface area (TPSA) is 78.0 Å². The van der Waals surface area contributed by atoms with Crippen molar-refractivity contribution in [2.75, 3.05) is 59.5 Å². The molecule has 1 aromatic carbocycles. The van der Waals surface area contributed by atoms with Gasteiger partial charge in [-0.05, 0) is 37.5 Å². The van der Waals surface area contributed by atoms with Gasteiger partial charge in [0.1, 0.15) is 0 Å². The molecule has 1 aliphatic heterocycles. The summed E-state index contributed by atoms with van der Waals surface area (Å²) in [6.45, 7) is 9.28. The van der Waals surface area contributed by atoms with Crippen LogP contribution in [0.25, 0.3) is 0 Å². The van der Waals surface area contributed by atoms with Gasteiger partial charge in [-0.1, -0.05) is 12.1 Å². The van der Waals surface area contributed by atoms with Crippen LogP contribution in [0.5, 0.6) is 0 Å². The fourth-order valence-corrected chi connectivity index (χ4v) is 2.99. The predicted molar refractivity (Wildman–Crippen MR) is 125 cm³/mol. The smallest absolute Gasteiger partial charge is 0.251 e. The third-order valence-electron chi connectivity index (χ3n) is 4.47. The van der Waals surface area contributed by atoms with Crippen molar-refractivity contribution >= 4 is 35.8 Å². The second kappa shape index (κ2) is 14.6. The Balaban J connectivity index is 0.00000392. The van der Waals surface area contributed by atoms with E-state index in [1.54, 1.807) is 7.05 Å². The maximum atomic E-state index is 11.7. The van der Waals surface area contributed by atoms with Crippen LogP contribution in [0.4, 0.5) is 0 Å². The zero-order valence-electron chi connectivity index (χ0n) is 17.0. The number of carbonyl (C=O) groups is 1. The lowest BCUT2D eigenvalue weighted by Gasteiger charge is -2.26. The maximum absolute atomic E-state index is 11.7. The molecule has 0 bridgehead atoms. The minimum Gasteiger partial charge on any atom is -0.379 e. The van der Waals surface area contributed by atoms with E-state index in [1.165, 1.54) is 0 Å². The summed E-state index contributed by atoms with van der Waals surface area (Å²) in [5.41, 5.74) is 1.82. The third-order valence-corrected chi connectivity index (χ3v) is 4.47. The number of aliphatic imine (C=N–C) groups is 1. The maximum Gasteiger partial charge on any atom is 0.251 e. The molecule has 158 valence electrons. The van der Waals surface area contributed by atoms with Crippen LogP contribution in [0.15, 0.2) is 29.3 Å². The summed E-state index contributed by atoms with van der Waals surface area (Å²) in [7, 11) is 1.65. The Morgan fingerprint density at radius 3 is 2.75 bits per heavy atom. The van der Waals surface area contributed by atoms with Crippen molar-refractivity contribution in [3.8, 4) is 0 Å². The van der Waals surface area contributed by atoms with E-state index in [4.69, 9.17) is 4.74 Å². The Labute approximate surface area is 185 Å². The third kappa shape index (κ3) is 9.20. The van der Waals surface area contributed by atoms with E-state index in [-0.39, 0.29) is 29.9 Å². The molecule has 1 amide bonds. The van der Waals surface area contributed by atoms with Gasteiger partial charge in [0.15, 0.2) is 5.96 Å². The van der Waals surface area contributed by atoms with Gasteiger partial charge in [0, 0.05) is 51.9 Å². The highest BCUT2D eigenvalue weighted by Crippen LogP contribution is 2.05. The van der Waals surface area contributed by atoms with Crippen molar-refractivity contribution in [1.29, 1.82) is 0 Å². The zero-order valence-corrected chi connectivity index (χ0v) is 19.3. The van der Waals surface area contributed by atoms with E-state index >= 15 is 0 Å². The van der Waals surface area contributed by atoms with Crippen LogP contribution in [-0.2, 0) is 11.2 Å². The summed E-state index contributed by atoms with van der Waals surface area (Å²) >= 11 is 0. The normalized spacial score (nSPS) is 14.9. The Morgan fingerprint density at radius 2 is 2.04 bits per heavy atom. The number of ether oxygens (including phenoxy) is 1. The molecule has 0 saturated carbocycles. The summed E-state index contributed by atoms with van der Waals surface area (Å²) in [5.74, 6) is 0.793. The minimum absolute atomic E-state index is 0. The molecule has 1 saturated heterocycles. The van der Waals surface area contributed by atoms with E-state index in [2.05, 4.69) is 32.8 Å². The number of nitrogens with zero attached hydrogens (tertiary/aromatic N) is 2. The minimum atomic E-state index is -0.0556. The average Bonchev–Trinajstić information content (AvgIpc) is 2.71. The molecule has 1 heterocycles. The lowest BCUT2D eigenvalue weighted by atomic mass is 10.1. The Bertz CT molecular complexity index is 606. The van der Waals surface area contributed by atoms with Crippen LogP contribution in [-0.4, -0.2) is 76.3 Å². The zero-order chi connectivity index (χ0) is 19.3. The van der Waals surface area contributed by atoms with Crippen molar-refractivity contribution in [3.63, 3.8) is 0 Å². The first-order valence-corrected chi connectivity index (χ1v) is 9.86. The van der Waals surface area contributed by atoms with Crippen molar-refractivity contribution < 1.29 is 9.53 Å². The van der Waals surface area contributed by atoms with Gasteiger partial charge in [0.25, 0.3) is 5.91 Å². The van der Waals surface area contributed by atoms with E-state index in [1.807, 2.05) is 24.3 Å². The monoisotopic (exact) mass is 503 g/mol. The van der Waals surface area contributed by atoms with Crippen LogP contribution in [0.3, 0.4) is 0 Å². The van der Waals surface area contributed by atoms with Crippen LogP contribution in [0.1, 0.15) is 29.3 Å². The molecule has 0 atom stereocenters. The summed E-state index contributed by atoms with van der Waals surface area (Å²) in [4.78, 5) is 18.8. The first-order valence-electron chi connectivity index (χ1n) is 9.86.